The highest BCUT2D eigenvalue weighted by Gasteiger charge is 2.36. The minimum absolute atomic E-state index is 0.0153. The molecule has 96 valence electrons. The van der Waals surface area contributed by atoms with Gasteiger partial charge in [0.2, 0.25) is 5.91 Å². The van der Waals surface area contributed by atoms with Crippen molar-refractivity contribution in [1.29, 1.82) is 0 Å². The van der Waals surface area contributed by atoms with Gasteiger partial charge in [-0.15, -0.1) is 0 Å². The summed E-state index contributed by atoms with van der Waals surface area (Å²) in [5, 5.41) is 8.93. The second-order valence-corrected chi connectivity index (χ2v) is 5.15. The predicted molar refractivity (Wildman–Crippen MR) is 66.9 cm³/mol. The Balaban J connectivity index is 2.39. The highest BCUT2D eigenvalue weighted by molar-refractivity contribution is 9.10. The van der Waals surface area contributed by atoms with Crippen LogP contribution in [0.5, 0.6) is 0 Å². The summed E-state index contributed by atoms with van der Waals surface area (Å²) < 4.78 is 13.6. The number of carboxylic acids is 1. The zero-order valence-electron chi connectivity index (χ0n) is 9.61. The summed E-state index contributed by atoms with van der Waals surface area (Å²) in [7, 11) is 0. The van der Waals surface area contributed by atoms with E-state index in [4.69, 9.17) is 5.11 Å². The molecule has 2 rings (SSSR count). The minimum Gasteiger partial charge on any atom is -0.481 e. The van der Waals surface area contributed by atoms with Crippen LogP contribution in [0.1, 0.15) is 12.0 Å². The SMILES string of the molecule is Cc1cc(F)cc(Br)c1N1CC(C(=O)O)CC1=O. The summed E-state index contributed by atoms with van der Waals surface area (Å²) in [6, 6.07) is 2.59. The molecule has 1 aromatic carbocycles. The fourth-order valence-corrected chi connectivity index (χ4v) is 2.87. The van der Waals surface area contributed by atoms with Crippen molar-refractivity contribution in [3.63, 3.8) is 0 Å². The molecule has 1 aliphatic heterocycles. The van der Waals surface area contributed by atoms with Gasteiger partial charge < -0.3 is 10.0 Å². The van der Waals surface area contributed by atoms with E-state index in [9.17, 15) is 14.0 Å². The number of halogens is 2. The minimum atomic E-state index is -0.985. The van der Waals surface area contributed by atoms with Gasteiger partial charge in [-0.1, -0.05) is 0 Å². The highest BCUT2D eigenvalue weighted by Crippen LogP contribution is 2.35. The normalized spacial score (nSPS) is 19.4. The number of carbonyl (C=O) groups excluding carboxylic acids is 1. The van der Waals surface area contributed by atoms with E-state index in [-0.39, 0.29) is 18.9 Å². The number of rotatable bonds is 2. The molecule has 4 nitrogen and oxygen atoms in total. The topological polar surface area (TPSA) is 57.6 Å². The van der Waals surface area contributed by atoms with Gasteiger partial charge in [0.1, 0.15) is 5.82 Å². The van der Waals surface area contributed by atoms with Crippen molar-refractivity contribution in [2.75, 3.05) is 11.4 Å². The summed E-state index contributed by atoms with van der Waals surface area (Å²) in [6.45, 7) is 1.81. The number of hydrogen-bond donors (Lipinski definition) is 1. The van der Waals surface area contributed by atoms with Crippen LogP contribution in [-0.2, 0) is 9.59 Å². The summed E-state index contributed by atoms with van der Waals surface area (Å²) >= 11 is 3.21. The lowest BCUT2D eigenvalue weighted by atomic mass is 10.1. The molecule has 0 saturated carbocycles. The second-order valence-electron chi connectivity index (χ2n) is 4.30. The molecule has 1 heterocycles. The maximum absolute atomic E-state index is 13.2. The number of benzene rings is 1. The smallest absolute Gasteiger partial charge is 0.308 e. The molecule has 1 unspecified atom stereocenters. The van der Waals surface area contributed by atoms with Gasteiger partial charge in [-0.05, 0) is 40.5 Å². The van der Waals surface area contributed by atoms with Gasteiger partial charge in [-0.3, -0.25) is 9.59 Å². The van der Waals surface area contributed by atoms with E-state index < -0.39 is 17.7 Å². The maximum Gasteiger partial charge on any atom is 0.308 e. The Morgan fingerprint density at radius 2 is 2.22 bits per heavy atom. The van der Waals surface area contributed by atoms with E-state index in [1.165, 1.54) is 17.0 Å². The third-order valence-electron chi connectivity index (χ3n) is 2.96. The van der Waals surface area contributed by atoms with Crippen LogP contribution < -0.4 is 4.90 Å². The first kappa shape index (κ1) is 13.0. The van der Waals surface area contributed by atoms with E-state index in [2.05, 4.69) is 15.9 Å². The van der Waals surface area contributed by atoms with Crippen molar-refractivity contribution in [1.82, 2.24) is 0 Å². The molecule has 0 aliphatic carbocycles. The quantitative estimate of drug-likeness (QED) is 0.911. The van der Waals surface area contributed by atoms with Gasteiger partial charge in [-0.25, -0.2) is 4.39 Å². The Kier molecular flexibility index (Phi) is 3.38. The van der Waals surface area contributed by atoms with Crippen LogP contribution >= 0.6 is 15.9 Å². The van der Waals surface area contributed by atoms with Crippen LogP contribution in [-0.4, -0.2) is 23.5 Å². The molecule has 1 aromatic rings. The number of hydrogen-bond acceptors (Lipinski definition) is 2. The van der Waals surface area contributed by atoms with E-state index in [1.807, 2.05) is 0 Å². The molecule has 0 radical (unpaired) electrons. The first-order valence-electron chi connectivity index (χ1n) is 5.39. The van der Waals surface area contributed by atoms with E-state index in [0.717, 1.165) is 0 Å². The van der Waals surface area contributed by atoms with E-state index in [1.54, 1.807) is 6.92 Å². The van der Waals surface area contributed by atoms with E-state index in [0.29, 0.717) is 15.7 Å². The Morgan fingerprint density at radius 1 is 1.56 bits per heavy atom. The molecule has 1 amide bonds. The lowest BCUT2D eigenvalue weighted by Gasteiger charge is -2.20. The average Bonchev–Trinajstić information content (AvgIpc) is 2.59. The van der Waals surface area contributed by atoms with Gasteiger partial charge >= 0.3 is 5.97 Å². The molecular formula is C12H11BrFNO3. The largest absolute Gasteiger partial charge is 0.481 e. The van der Waals surface area contributed by atoms with E-state index >= 15 is 0 Å². The summed E-state index contributed by atoms with van der Waals surface area (Å²) in [5.41, 5.74) is 1.14. The van der Waals surface area contributed by atoms with Gasteiger partial charge in [0.15, 0.2) is 0 Å². The molecule has 18 heavy (non-hydrogen) atoms. The van der Waals surface area contributed by atoms with Gasteiger partial charge in [0.05, 0.1) is 11.6 Å². The van der Waals surface area contributed by atoms with Crippen LogP contribution in [0.3, 0.4) is 0 Å². The van der Waals surface area contributed by atoms with Gasteiger partial charge in [0, 0.05) is 17.4 Å². The van der Waals surface area contributed by atoms with Crippen molar-refractivity contribution in [3.8, 4) is 0 Å². The fourth-order valence-electron chi connectivity index (χ4n) is 2.13. The van der Waals surface area contributed by atoms with Gasteiger partial charge in [-0.2, -0.15) is 0 Å². The van der Waals surface area contributed by atoms with Crippen LogP contribution in [0.15, 0.2) is 16.6 Å². The van der Waals surface area contributed by atoms with Crippen LogP contribution in [0.25, 0.3) is 0 Å². The Morgan fingerprint density at radius 3 is 2.72 bits per heavy atom. The average molecular weight is 316 g/mol. The zero-order valence-corrected chi connectivity index (χ0v) is 11.2. The van der Waals surface area contributed by atoms with Crippen LogP contribution in [0, 0.1) is 18.7 Å². The fraction of sp³-hybridized carbons (Fsp3) is 0.333. The summed E-state index contributed by atoms with van der Waals surface area (Å²) in [6.07, 6.45) is -0.0153. The number of carbonyl (C=O) groups is 2. The Bertz CT molecular complexity index is 509. The molecule has 0 spiro atoms. The number of amides is 1. The summed E-state index contributed by atoms with van der Waals surface area (Å²) in [5.74, 6) is -2.34. The molecule has 1 aliphatic rings. The maximum atomic E-state index is 13.2. The molecule has 1 N–H and O–H groups in total. The van der Waals surface area contributed by atoms with Crippen LogP contribution in [0.2, 0.25) is 0 Å². The molecule has 1 fully saturated rings. The second kappa shape index (κ2) is 4.68. The number of carboxylic acid groups (broad SMARTS) is 1. The third-order valence-corrected chi connectivity index (χ3v) is 3.57. The van der Waals surface area contributed by atoms with Crippen molar-refractivity contribution >= 4 is 33.5 Å². The molecule has 1 saturated heterocycles. The summed E-state index contributed by atoms with van der Waals surface area (Å²) in [4.78, 5) is 24.1. The molecule has 1 atom stereocenters. The van der Waals surface area contributed by atoms with Crippen molar-refractivity contribution in [2.45, 2.75) is 13.3 Å². The van der Waals surface area contributed by atoms with Gasteiger partial charge in [0.25, 0.3) is 0 Å². The molecule has 0 bridgehead atoms. The molecule has 0 aromatic heterocycles. The van der Waals surface area contributed by atoms with Crippen LogP contribution in [0.4, 0.5) is 10.1 Å². The Labute approximate surface area is 112 Å². The van der Waals surface area contributed by atoms with Crippen molar-refractivity contribution in [3.05, 3.63) is 28.0 Å². The lowest BCUT2D eigenvalue weighted by Crippen LogP contribution is -2.27. The Hall–Kier alpha value is -1.43. The molecule has 6 heteroatoms. The predicted octanol–water partition coefficient (Wildman–Crippen LogP) is 2.33. The lowest BCUT2D eigenvalue weighted by molar-refractivity contribution is -0.141. The number of anilines is 1. The monoisotopic (exact) mass is 315 g/mol. The number of aryl methyl sites for hydroxylation is 1. The number of nitrogens with zero attached hydrogens (tertiary/aromatic N) is 1. The van der Waals surface area contributed by atoms with Crippen molar-refractivity contribution < 1.29 is 19.1 Å². The standard InChI is InChI=1S/C12H11BrFNO3/c1-6-2-8(14)4-9(13)11(6)15-5-7(12(17)18)3-10(15)16/h2,4,7H,3,5H2,1H3,(H,17,18). The zero-order chi connectivity index (χ0) is 13.4. The highest BCUT2D eigenvalue weighted by atomic mass is 79.9. The molecular weight excluding hydrogens is 305 g/mol. The first-order valence-corrected chi connectivity index (χ1v) is 6.18. The van der Waals surface area contributed by atoms with Crippen molar-refractivity contribution in [2.24, 2.45) is 5.92 Å². The third kappa shape index (κ3) is 2.25. The first-order chi connectivity index (χ1) is 8.40. The number of aliphatic carboxylic acids is 1.